The lowest BCUT2D eigenvalue weighted by atomic mass is 10.2. The summed E-state index contributed by atoms with van der Waals surface area (Å²) >= 11 is 8.18. The fourth-order valence-corrected chi connectivity index (χ4v) is 1.93. The maximum atomic E-state index is 12.0. The standard InChI is InChI=1S/C13H10BrN3OS/c14-9-3-1-2-4-10(9)17-13(18)11-6-5-8(7-16-11)12(15)19/h1-7H,(H2,15,19)(H,17,18). The lowest BCUT2D eigenvalue weighted by Gasteiger charge is -2.06. The van der Waals surface area contributed by atoms with Crippen molar-refractivity contribution in [3.05, 3.63) is 58.3 Å². The molecule has 19 heavy (non-hydrogen) atoms. The number of halogens is 1. The molecule has 6 heteroatoms. The van der Waals surface area contributed by atoms with Crippen LogP contribution < -0.4 is 11.1 Å². The molecular formula is C13H10BrN3OS. The van der Waals surface area contributed by atoms with E-state index >= 15 is 0 Å². The van der Waals surface area contributed by atoms with Crippen LogP contribution in [0.15, 0.2) is 47.1 Å². The van der Waals surface area contributed by atoms with Gasteiger partial charge in [0.1, 0.15) is 10.7 Å². The van der Waals surface area contributed by atoms with Crippen LogP contribution in [0.1, 0.15) is 16.1 Å². The third-order valence-electron chi connectivity index (χ3n) is 2.40. The second-order valence-corrected chi connectivity index (χ2v) is 5.02. The molecular weight excluding hydrogens is 326 g/mol. The van der Waals surface area contributed by atoms with E-state index in [0.717, 1.165) is 4.47 Å². The molecule has 0 fully saturated rings. The molecule has 1 aromatic carbocycles. The minimum atomic E-state index is -0.290. The Hall–Kier alpha value is -1.79. The van der Waals surface area contributed by atoms with Crippen LogP contribution in [-0.4, -0.2) is 15.9 Å². The van der Waals surface area contributed by atoms with Gasteiger partial charge in [-0.3, -0.25) is 9.78 Å². The van der Waals surface area contributed by atoms with E-state index in [1.165, 1.54) is 6.20 Å². The third-order valence-corrected chi connectivity index (χ3v) is 3.33. The Morgan fingerprint density at radius 2 is 2.00 bits per heavy atom. The van der Waals surface area contributed by atoms with E-state index in [2.05, 4.69) is 26.2 Å². The second kappa shape index (κ2) is 5.90. The van der Waals surface area contributed by atoms with Crippen LogP contribution in [0.25, 0.3) is 0 Å². The largest absolute Gasteiger partial charge is 0.389 e. The average Bonchev–Trinajstić information content (AvgIpc) is 2.41. The van der Waals surface area contributed by atoms with Crippen molar-refractivity contribution in [2.45, 2.75) is 0 Å². The molecule has 0 saturated carbocycles. The number of pyridine rings is 1. The first kappa shape index (κ1) is 13.6. The molecule has 1 aromatic heterocycles. The zero-order valence-corrected chi connectivity index (χ0v) is 12.2. The fraction of sp³-hybridized carbons (Fsp3) is 0. The van der Waals surface area contributed by atoms with Crippen molar-refractivity contribution in [2.75, 3.05) is 5.32 Å². The number of carbonyl (C=O) groups is 1. The van der Waals surface area contributed by atoms with Crippen molar-refractivity contribution in [1.29, 1.82) is 0 Å². The van der Waals surface area contributed by atoms with Gasteiger partial charge in [0.05, 0.1) is 5.69 Å². The lowest BCUT2D eigenvalue weighted by molar-refractivity contribution is 0.102. The highest BCUT2D eigenvalue weighted by Crippen LogP contribution is 2.21. The van der Waals surface area contributed by atoms with Crippen LogP contribution in [-0.2, 0) is 0 Å². The molecule has 2 rings (SSSR count). The van der Waals surface area contributed by atoms with Gasteiger partial charge in [0.2, 0.25) is 0 Å². The van der Waals surface area contributed by atoms with E-state index in [4.69, 9.17) is 18.0 Å². The summed E-state index contributed by atoms with van der Waals surface area (Å²) in [4.78, 5) is 16.3. The molecule has 0 atom stereocenters. The Bertz CT molecular complexity index is 628. The Morgan fingerprint density at radius 1 is 1.26 bits per heavy atom. The summed E-state index contributed by atoms with van der Waals surface area (Å²) in [6, 6.07) is 10.6. The smallest absolute Gasteiger partial charge is 0.274 e. The van der Waals surface area contributed by atoms with E-state index in [0.29, 0.717) is 16.9 Å². The van der Waals surface area contributed by atoms with Gasteiger partial charge in [-0.15, -0.1) is 0 Å². The van der Waals surface area contributed by atoms with Crippen LogP contribution >= 0.6 is 28.1 Å². The summed E-state index contributed by atoms with van der Waals surface area (Å²) in [6.45, 7) is 0. The summed E-state index contributed by atoms with van der Waals surface area (Å²) in [7, 11) is 0. The number of hydrogen-bond donors (Lipinski definition) is 2. The van der Waals surface area contributed by atoms with Crippen molar-refractivity contribution < 1.29 is 4.79 Å². The van der Waals surface area contributed by atoms with Gasteiger partial charge in [-0.2, -0.15) is 0 Å². The highest BCUT2D eigenvalue weighted by molar-refractivity contribution is 9.10. The van der Waals surface area contributed by atoms with Crippen LogP contribution in [0.4, 0.5) is 5.69 Å². The van der Waals surface area contributed by atoms with Crippen molar-refractivity contribution in [3.63, 3.8) is 0 Å². The Balaban J connectivity index is 2.16. The first-order valence-electron chi connectivity index (χ1n) is 5.39. The highest BCUT2D eigenvalue weighted by Gasteiger charge is 2.09. The van der Waals surface area contributed by atoms with Crippen molar-refractivity contribution >= 4 is 44.7 Å². The molecule has 0 aliphatic heterocycles. The van der Waals surface area contributed by atoms with Crippen LogP contribution in [0, 0.1) is 0 Å². The molecule has 1 heterocycles. The zero-order valence-electron chi connectivity index (χ0n) is 9.76. The number of thiocarbonyl (C=S) groups is 1. The number of amides is 1. The molecule has 3 N–H and O–H groups in total. The Kier molecular flexibility index (Phi) is 4.24. The van der Waals surface area contributed by atoms with Crippen LogP contribution in [0.5, 0.6) is 0 Å². The van der Waals surface area contributed by atoms with Gasteiger partial charge in [0, 0.05) is 16.2 Å². The number of rotatable bonds is 3. The van der Waals surface area contributed by atoms with Crippen LogP contribution in [0.3, 0.4) is 0 Å². The molecule has 0 aliphatic carbocycles. The van der Waals surface area contributed by atoms with E-state index in [9.17, 15) is 4.79 Å². The number of nitrogens with two attached hydrogens (primary N) is 1. The summed E-state index contributed by atoms with van der Waals surface area (Å²) in [5, 5.41) is 2.76. The molecule has 0 aliphatic rings. The van der Waals surface area contributed by atoms with Gasteiger partial charge in [0.25, 0.3) is 5.91 Å². The van der Waals surface area contributed by atoms with Gasteiger partial charge in [-0.25, -0.2) is 0 Å². The molecule has 1 amide bonds. The molecule has 0 radical (unpaired) electrons. The van der Waals surface area contributed by atoms with E-state index in [1.54, 1.807) is 18.2 Å². The maximum absolute atomic E-state index is 12.0. The predicted octanol–water partition coefficient (Wildman–Crippen LogP) is 2.73. The molecule has 0 unspecified atom stereocenters. The highest BCUT2D eigenvalue weighted by atomic mass is 79.9. The monoisotopic (exact) mass is 335 g/mol. The van der Waals surface area contributed by atoms with Gasteiger partial charge < -0.3 is 11.1 Å². The molecule has 2 aromatic rings. The molecule has 4 nitrogen and oxygen atoms in total. The molecule has 96 valence electrons. The summed E-state index contributed by atoms with van der Waals surface area (Å²) < 4.78 is 0.808. The number of carbonyl (C=O) groups excluding carboxylic acids is 1. The Morgan fingerprint density at radius 3 is 2.58 bits per heavy atom. The van der Waals surface area contributed by atoms with Crippen molar-refractivity contribution in [1.82, 2.24) is 4.98 Å². The Labute approximate surface area is 124 Å². The lowest BCUT2D eigenvalue weighted by Crippen LogP contribution is -2.15. The minimum absolute atomic E-state index is 0.255. The normalized spacial score (nSPS) is 9.95. The van der Waals surface area contributed by atoms with Gasteiger partial charge >= 0.3 is 0 Å². The summed E-state index contributed by atoms with van der Waals surface area (Å²) in [5.41, 5.74) is 7.09. The number of benzene rings is 1. The summed E-state index contributed by atoms with van der Waals surface area (Å²) in [6.07, 6.45) is 1.48. The number of para-hydroxylation sites is 1. The number of nitrogens with one attached hydrogen (secondary N) is 1. The van der Waals surface area contributed by atoms with Crippen molar-refractivity contribution in [3.8, 4) is 0 Å². The van der Waals surface area contributed by atoms with Gasteiger partial charge in [0.15, 0.2) is 0 Å². The van der Waals surface area contributed by atoms with Gasteiger partial charge in [-0.1, -0.05) is 24.4 Å². The van der Waals surface area contributed by atoms with E-state index < -0.39 is 0 Å². The SMILES string of the molecule is NC(=S)c1ccc(C(=O)Nc2ccccc2Br)nc1. The van der Waals surface area contributed by atoms with E-state index in [-0.39, 0.29) is 10.9 Å². The minimum Gasteiger partial charge on any atom is -0.389 e. The second-order valence-electron chi connectivity index (χ2n) is 3.73. The number of anilines is 1. The molecule has 0 saturated heterocycles. The first-order chi connectivity index (χ1) is 9.08. The van der Waals surface area contributed by atoms with E-state index in [1.807, 2.05) is 18.2 Å². The molecule has 0 bridgehead atoms. The topological polar surface area (TPSA) is 68.0 Å². The molecule has 0 spiro atoms. The average molecular weight is 336 g/mol. The van der Waals surface area contributed by atoms with Gasteiger partial charge in [-0.05, 0) is 40.2 Å². The predicted molar refractivity (Wildman–Crippen MR) is 82.2 cm³/mol. The zero-order chi connectivity index (χ0) is 13.8. The first-order valence-corrected chi connectivity index (χ1v) is 6.60. The maximum Gasteiger partial charge on any atom is 0.274 e. The number of hydrogen-bond acceptors (Lipinski definition) is 3. The number of nitrogens with zero attached hydrogens (tertiary/aromatic N) is 1. The number of aromatic nitrogens is 1. The van der Waals surface area contributed by atoms with Crippen molar-refractivity contribution in [2.24, 2.45) is 5.73 Å². The fourth-order valence-electron chi connectivity index (χ4n) is 1.42. The third kappa shape index (κ3) is 3.36. The quantitative estimate of drug-likeness (QED) is 0.846. The van der Waals surface area contributed by atoms with Crippen LogP contribution in [0.2, 0.25) is 0 Å². The summed E-state index contributed by atoms with van der Waals surface area (Å²) in [5.74, 6) is -0.290.